The van der Waals surface area contributed by atoms with Gasteiger partial charge in [0.15, 0.2) is 0 Å². The number of benzene rings is 3. The van der Waals surface area contributed by atoms with Crippen LogP contribution >= 0.6 is 0 Å². The van der Waals surface area contributed by atoms with Gasteiger partial charge in [-0.2, -0.15) is 13.2 Å². The fourth-order valence-corrected chi connectivity index (χ4v) is 3.28. The molecule has 32 heavy (non-hydrogen) atoms. The van der Waals surface area contributed by atoms with Crippen molar-refractivity contribution in [2.45, 2.75) is 6.18 Å². The Hall–Kier alpha value is -4.27. The number of nitrogens with zero attached hydrogens (tertiary/aromatic N) is 3. The Labute approximate surface area is 179 Å². The smallest absolute Gasteiger partial charge is 0.268 e. The van der Waals surface area contributed by atoms with Crippen molar-refractivity contribution < 1.29 is 18.1 Å². The normalized spacial score (nSPS) is 11.8. The summed E-state index contributed by atoms with van der Waals surface area (Å²) in [5.41, 5.74) is -1.16. The maximum absolute atomic E-state index is 13.7. The van der Waals surface area contributed by atoms with Crippen molar-refractivity contribution in [3.8, 4) is 5.69 Å². The first kappa shape index (κ1) is 21.0. The minimum Gasteiger partial charge on any atom is -0.268 e. The monoisotopic (exact) mass is 437 g/mol. The Morgan fingerprint density at radius 3 is 2.25 bits per heavy atom. The first-order valence-corrected chi connectivity index (χ1v) is 9.36. The Morgan fingerprint density at radius 1 is 0.906 bits per heavy atom. The molecule has 160 valence electrons. The molecule has 0 aliphatic carbocycles. The van der Waals surface area contributed by atoms with E-state index in [2.05, 4.69) is 4.98 Å². The van der Waals surface area contributed by atoms with E-state index in [4.69, 9.17) is 0 Å². The highest BCUT2D eigenvalue weighted by atomic mass is 19.4. The van der Waals surface area contributed by atoms with E-state index in [0.29, 0.717) is 11.1 Å². The zero-order valence-electron chi connectivity index (χ0n) is 16.3. The van der Waals surface area contributed by atoms with Gasteiger partial charge >= 0.3 is 6.18 Å². The summed E-state index contributed by atoms with van der Waals surface area (Å²) in [5, 5.41) is 11.0. The number of para-hydroxylation sites is 2. The fourth-order valence-electron chi connectivity index (χ4n) is 3.28. The summed E-state index contributed by atoms with van der Waals surface area (Å²) in [5.74, 6) is -0.0104. The van der Waals surface area contributed by atoms with Gasteiger partial charge in [-0.25, -0.2) is 4.98 Å². The van der Waals surface area contributed by atoms with Gasteiger partial charge in [-0.15, -0.1) is 0 Å². The van der Waals surface area contributed by atoms with E-state index >= 15 is 0 Å². The summed E-state index contributed by atoms with van der Waals surface area (Å²) in [6, 6.07) is 16.7. The minimum absolute atomic E-state index is 0.0104. The molecule has 0 aliphatic rings. The van der Waals surface area contributed by atoms with Gasteiger partial charge in [0, 0.05) is 12.1 Å². The number of aromatic nitrogens is 2. The molecule has 0 N–H and O–H groups in total. The summed E-state index contributed by atoms with van der Waals surface area (Å²) in [7, 11) is 0. The molecule has 0 saturated heterocycles. The van der Waals surface area contributed by atoms with E-state index in [1.807, 2.05) is 0 Å². The number of nitro groups is 1. The van der Waals surface area contributed by atoms with Crippen molar-refractivity contribution in [3.05, 3.63) is 110 Å². The topological polar surface area (TPSA) is 78.0 Å². The summed E-state index contributed by atoms with van der Waals surface area (Å²) < 4.78 is 41.9. The Balaban J connectivity index is 1.93. The molecule has 0 unspecified atom stereocenters. The van der Waals surface area contributed by atoms with Gasteiger partial charge in [0.05, 0.1) is 27.1 Å². The average Bonchev–Trinajstić information content (AvgIpc) is 2.77. The second-order valence-corrected chi connectivity index (χ2v) is 6.82. The zero-order chi connectivity index (χ0) is 22.9. The number of non-ortho nitro benzene ring substituents is 1. The van der Waals surface area contributed by atoms with E-state index in [0.717, 1.165) is 10.6 Å². The molecule has 0 amide bonds. The molecule has 4 aromatic rings. The van der Waals surface area contributed by atoms with Gasteiger partial charge in [0.1, 0.15) is 5.82 Å². The van der Waals surface area contributed by atoms with Crippen LogP contribution in [-0.4, -0.2) is 14.5 Å². The van der Waals surface area contributed by atoms with Gasteiger partial charge in [0.25, 0.3) is 11.2 Å². The SMILES string of the molecule is O=c1c2ccccc2nc(/C=C/c2ccc([N+](=O)[O-])cc2)n1-c1ccccc1C(F)(F)F. The lowest BCUT2D eigenvalue weighted by molar-refractivity contribution is -0.384. The van der Waals surface area contributed by atoms with Gasteiger partial charge in [-0.05, 0) is 48.0 Å². The molecular formula is C23H14F3N3O3. The van der Waals surface area contributed by atoms with Crippen LogP contribution < -0.4 is 5.56 Å². The van der Waals surface area contributed by atoms with Crippen LogP contribution in [-0.2, 0) is 6.18 Å². The van der Waals surface area contributed by atoms with E-state index in [9.17, 15) is 28.1 Å². The maximum atomic E-state index is 13.7. The molecule has 3 aromatic carbocycles. The summed E-state index contributed by atoms with van der Waals surface area (Å²) >= 11 is 0. The van der Waals surface area contributed by atoms with Crippen molar-refractivity contribution >= 4 is 28.7 Å². The van der Waals surface area contributed by atoms with Crippen molar-refractivity contribution in [1.82, 2.24) is 9.55 Å². The van der Waals surface area contributed by atoms with Crippen molar-refractivity contribution in [2.24, 2.45) is 0 Å². The molecule has 4 rings (SSSR count). The second kappa shape index (κ2) is 8.10. The number of nitro benzene ring substituents is 1. The maximum Gasteiger partial charge on any atom is 0.418 e. The first-order chi connectivity index (χ1) is 15.3. The summed E-state index contributed by atoms with van der Waals surface area (Å²) in [4.78, 5) is 27.9. The summed E-state index contributed by atoms with van der Waals surface area (Å²) in [6.07, 6.45) is -1.75. The molecule has 0 saturated carbocycles. The first-order valence-electron chi connectivity index (χ1n) is 9.36. The molecule has 0 radical (unpaired) electrons. The van der Waals surface area contributed by atoms with Gasteiger partial charge in [-0.3, -0.25) is 19.5 Å². The predicted octanol–water partition coefficient (Wildman–Crippen LogP) is 5.48. The third-order valence-corrected chi connectivity index (χ3v) is 4.78. The summed E-state index contributed by atoms with van der Waals surface area (Å²) in [6.45, 7) is 0. The molecule has 0 bridgehead atoms. The Bertz CT molecular complexity index is 1410. The minimum atomic E-state index is -4.68. The van der Waals surface area contributed by atoms with Gasteiger partial charge in [-0.1, -0.05) is 30.3 Å². The molecule has 0 atom stereocenters. The van der Waals surface area contributed by atoms with E-state index < -0.39 is 22.2 Å². The lowest BCUT2D eigenvalue weighted by atomic mass is 10.1. The second-order valence-electron chi connectivity index (χ2n) is 6.82. The van der Waals surface area contributed by atoms with Crippen LogP contribution in [0.1, 0.15) is 17.0 Å². The van der Waals surface area contributed by atoms with E-state index in [1.54, 1.807) is 18.2 Å². The highest BCUT2D eigenvalue weighted by Crippen LogP contribution is 2.34. The Kier molecular flexibility index (Phi) is 5.31. The molecule has 0 aliphatic heterocycles. The van der Waals surface area contributed by atoms with Crippen LogP contribution in [0.4, 0.5) is 18.9 Å². The number of alkyl halides is 3. The van der Waals surface area contributed by atoms with Crippen molar-refractivity contribution in [1.29, 1.82) is 0 Å². The fraction of sp³-hybridized carbons (Fsp3) is 0.0435. The number of rotatable bonds is 4. The molecule has 9 heteroatoms. The van der Waals surface area contributed by atoms with Gasteiger partial charge < -0.3 is 0 Å². The lowest BCUT2D eigenvalue weighted by Crippen LogP contribution is -2.25. The van der Waals surface area contributed by atoms with Gasteiger partial charge in [0.2, 0.25) is 0 Å². The standard InChI is InChI=1S/C23H14F3N3O3/c24-23(25,26)18-6-2-4-8-20(18)28-21(27-19-7-3-1-5-17(19)22(28)30)14-11-15-9-12-16(13-10-15)29(31)32/h1-14H/b14-11+. The van der Waals surface area contributed by atoms with Crippen molar-refractivity contribution in [3.63, 3.8) is 0 Å². The molecule has 6 nitrogen and oxygen atoms in total. The molecular weight excluding hydrogens is 423 g/mol. The number of halogens is 3. The quantitative estimate of drug-likeness (QED) is 0.313. The third kappa shape index (κ3) is 4.00. The van der Waals surface area contributed by atoms with Crippen molar-refractivity contribution in [2.75, 3.05) is 0 Å². The number of hydrogen-bond donors (Lipinski definition) is 0. The van der Waals surface area contributed by atoms with Crippen LogP contribution in [0.15, 0.2) is 77.6 Å². The van der Waals surface area contributed by atoms with Crippen LogP contribution in [0, 0.1) is 10.1 Å². The lowest BCUT2D eigenvalue weighted by Gasteiger charge is -2.17. The van der Waals surface area contributed by atoms with Crippen LogP contribution in [0.25, 0.3) is 28.7 Å². The van der Waals surface area contributed by atoms with E-state index in [-0.39, 0.29) is 22.6 Å². The molecule has 1 heterocycles. The highest BCUT2D eigenvalue weighted by Gasteiger charge is 2.34. The number of hydrogen-bond acceptors (Lipinski definition) is 4. The van der Waals surface area contributed by atoms with Crippen LogP contribution in [0.3, 0.4) is 0 Å². The van der Waals surface area contributed by atoms with Crippen LogP contribution in [0.5, 0.6) is 0 Å². The third-order valence-electron chi connectivity index (χ3n) is 4.78. The Morgan fingerprint density at radius 2 is 1.56 bits per heavy atom. The molecule has 0 spiro atoms. The largest absolute Gasteiger partial charge is 0.418 e. The van der Waals surface area contributed by atoms with Crippen LogP contribution in [0.2, 0.25) is 0 Å². The zero-order valence-corrected chi connectivity index (χ0v) is 16.3. The highest BCUT2D eigenvalue weighted by molar-refractivity contribution is 5.80. The predicted molar refractivity (Wildman–Crippen MR) is 114 cm³/mol. The average molecular weight is 437 g/mol. The number of fused-ring (bicyclic) bond motifs is 1. The van der Waals surface area contributed by atoms with E-state index in [1.165, 1.54) is 60.7 Å². The molecule has 0 fully saturated rings. The molecule has 1 aromatic heterocycles.